The van der Waals surface area contributed by atoms with Crippen LogP contribution < -0.4 is 5.32 Å². The first-order valence-electron chi connectivity index (χ1n) is 6.21. The van der Waals surface area contributed by atoms with Crippen LogP contribution in [0.25, 0.3) is 0 Å². The van der Waals surface area contributed by atoms with Crippen molar-refractivity contribution >= 4 is 17.5 Å². The largest absolute Gasteiger partial charge is 0.393 e. The molecule has 5 heteroatoms. The minimum Gasteiger partial charge on any atom is -0.393 e. The quantitative estimate of drug-likeness (QED) is 0.802. The molecule has 0 fully saturated rings. The molecular weight excluding hydrogens is 244 g/mol. The molecular formula is C14H20N2O3. The zero-order valence-corrected chi connectivity index (χ0v) is 11.5. The van der Waals surface area contributed by atoms with E-state index in [-0.39, 0.29) is 0 Å². The van der Waals surface area contributed by atoms with Crippen LogP contribution in [0.1, 0.15) is 18.9 Å². The van der Waals surface area contributed by atoms with Crippen molar-refractivity contribution in [3.05, 3.63) is 29.8 Å². The predicted octanol–water partition coefficient (Wildman–Crippen LogP) is 1.16. The lowest BCUT2D eigenvalue weighted by Gasteiger charge is -2.17. The van der Waals surface area contributed by atoms with Crippen molar-refractivity contribution in [1.29, 1.82) is 0 Å². The van der Waals surface area contributed by atoms with Crippen molar-refractivity contribution in [3.63, 3.8) is 0 Å². The van der Waals surface area contributed by atoms with Crippen molar-refractivity contribution in [2.45, 2.75) is 26.4 Å². The first-order chi connectivity index (χ1) is 8.90. The molecule has 0 heterocycles. The van der Waals surface area contributed by atoms with Gasteiger partial charge in [-0.1, -0.05) is 17.7 Å². The Kier molecular flexibility index (Phi) is 5.51. The van der Waals surface area contributed by atoms with Gasteiger partial charge in [-0.15, -0.1) is 0 Å². The third kappa shape index (κ3) is 5.09. The van der Waals surface area contributed by atoms with Crippen molar-refractivity contribution < 1.29 is 14.7 Å². The van der Waals surface area contributed by atoms with Gasteiger partial charge in [0, 0.05) is 19.3 Å². The fraction of sp³-hybridized carbons (Fsp3) is 0.429. The van der Waals surface area contributed by atoms with Crippen molar-refractivity contribution in [3.8, 4) is 0 Å². The predicted molar refractivity (Wildman–Crippen MR) is 73.7 cm³/mol. The van der Waals surface area contributed by atoms with E-state index in [4.69, 9.17) is 5.11 Å². The Bertz CT molecular complexity index is 441. The van der Waals surface area contributed by atoms with E-state index in [2.05, 4.69) is 5.32 Å². The molecule has 0 saturated carbocycles. The lowest BCUT2D eigenvalue weighted by molar-refractivity contribution is -0.142. The summed E-state index contributed by atoms with van der Waals surface area (Å²) in [5.41, 5.74) is 1.67. The average Bonchev–Trinajstić information content (AvgIpc) is 2.37. The molecule has 0 radical (unpaired) electrons. The van der Waals surface area contributed by atoms with Gasteiger partial charge in [0.1, 0.15) is 0 Å². The number of hydrogen-bond donors (Lipinski definition) is 2. The van der Waals surface area contributed by atoms with Gasteiger partial charge in [-0.2, -0.15) is 0 Å². The summed E-state index contributed by atoms with van der Waals surface area (Å²) < 4.78 is 0. The van der Waals surface area contributed by atoms with E-state index in [1.165, 1.54) is 4.90 Å². The number of hydrogen-bond acceptors (Lipinski definition) is 3. The summed E-state index contributed by atoms with van der Waals surface area (Å²) in [6, 6.07) is 7.21. The Morgan fingerprint density at radius 3 is 2.42 bits per heavy atom. The number of aliphatic hydroxyl groups excluding tert-OH is 1. The lowest BCUT2D eigenvalue weighted by Crippen LogP contribution is -2.38. The molecule has 1 unspecified atom stereocenters. The summed E-state index contributed by atoms with van der Waals surface area (Å²) >= 11 is 0. The van der Waals surface area contributed by atoms with E-state index in [1.807, 2.05) is 19.1 Å². The molecule has 0 spiro atoms. The number of aryl methyl sites for hydroxylation is 1. The molecule has 0 aliphatic carbocycles. The zero-order valence-electron chi connectivity index (χ0n) is 11.5. The number of rotatable bonds is 4. The maximum Gasteiger partial charge on any atom is 0.313 e. The first-order valence-corrected chi connectivity index (χ1v) is 6.21. The second-order valence-electron chi connectivity index (χ2n) is 4.68. The van der Waals surface area contributed by atoms with Crippen LogP contribution in [-0.2, 0) is 9.59 Å². The summed E-state index contributed by atoms with van der Waals surface area (Å²) in [4.78, 5) is 24.8. The van der Waals surface area contributed by atoms with Gasteiger partial charge >= 0.3 is 11.8 Å². The maximum absolute atomic E-state index is 11.8. The number of benzene rings is 1. The SMILES string of the molecule is Cc1ccc(NC(=O)C(=O)N(C)CCC(C)O)cc1. The van der Waals surface area contributed by atoms with Crippen LogP contribution in [0.2, 0.25) is 0 Å². The number of amides is 2. The Balaban J connectivity index is 2.52. The van der Waals surface area contributed by atoms with Gasteiger partial charge in [0.05, 0.1) is 6.10 Å². The molecule has 1 atom stereocenters. The standard InChI is InChI=1S/C14H20N2O3/c1-10-4-6-12(7-5-10)15-13(18)14(19)16(3)9-8-11(2)17/h4-7,11,17H,8-9H2,1-3H3,(H,15,18). The maximum atomic E-state index is 11.8. The van der Waals surface area contributed by atoms with Gasteiger partial charge in [-0.3, -0.25) is 9.59 Å². The van der Waals surface area contributed by atoms with Gasteiger partial charge in [0.25, 0.3) is 0 Å². The number of anilines is 1. The van der Waals surface area contributed by atoms with E-state index in [0.29, 0.717) is 18.7 Å². The van der Waals surface area contributed by atoms with E-state index >= 15 is 0 Å². The molecule has 0 aliphatic rings. The Hall–Kier alpha value is -1.88. The Labute approximate surface area is 113 Å². The molecule has 0 saturated heterocycles. The van der Waals surface area contributed by atoms with Gasteiger partial charge in [-0.05, 0) is 32.4 Å². The third-order valence-electron chi connectivity index (χ3n) is 2.73. The van der Waals surface area contributed by atoms with Crippen LogP contribution in [0.15, 0.2) is 24.3 Å². The highest BCUT2D eigenvalue weighted by Crippen LogP contribution is 2.08. The summed E-state index contributed by atoms with van der Waals surface area (Å²) in [5, 5.41) is 11.7. The normalized spacial score (nSPS) is 11.8. The van der Waals surface area contributed by atoms with E-state index in [1.54, 1.807) is 26.1 Å². The summed E-state index contributed by atoms with van der Waals surface area (Å²) in [6.07, 6.45) is -0.0459. The minimum absolute atomic E-state index is 0.345. The number of likely N-dealkylation sites (N-methyl/N-ethyl adjacent to an activating group) is 1. The lowest BCUT2D eigenvalue weighted by atomic mass is 10.2. The molecule has 0 aliphatic heterocycles. The molecule has 1 aromatic carbocycles. The Morgan fingerprint density at radius 1 is 1.32 bits per heavy atom. The third-order valence-corrected chi connectivity index (χ3v) is 2.73. The van der Waals surface area contributed by atoms with Crippen molar-refractivity contribution in [2.75, 3.05) is 18.9 Å². The smallest absolute Gasteiger partial charge is 0.313 e. The molecule has 2 N–H and O–H groups in total. The average molecular weight is 264 g/mol. The molecule has 19 heavy (non-hydrogen) atoms. The van der Waals surface area contributed by atoms with Crippen LogP contribution in [0.4, 0.5) is 5.69 Å². The van der Waals surface area contributed by atoms with Crippen LogP contribution in [-0.4, -0.2) is 41.5 Å². The highest BCUT2D eigenvalue weighted by molar-refractivity contribution is 6.39. The molecule has 0 aromatic heterocycles. The number of nitrogens with one attached hydrogen (secondary N) is 1. The zero-order chi connectivity index (χ0) is 14.4. The van der Waals surface area contributed by atoms with Crippen LogP contribution in [0.5, 0.6) is 0 Å². The van der Waals surface area contributed by atoms with E-state index in [0.717, 1.165) is 5.56 Å². The number of carbonyl (C=O) groups excluding carboxylic acids is 2. The molecule has 5 nitrogen and oxygen atoms in total. The van der Waals surface area contributed by atoms with E-state index in [9.17, 15) is 9.59 Å². The van der Waals surface area contributed by atoms with Gasteiger partial charge < -0.3 is 15.3 Å². The minimum atomic E-state index is -0.669. The van der Waals surface area contributed by atoms with Gasteiger partial charge in [-0.25, -0.2) is 0 Å². The summed E-state index contributed by atoms with van der Waals surface area (Å²) in [7, 11) is 1.54. The molecule has 2 amide bonds. The summed E-state index contributed by atoms with van der Waals surface area (Å²) in [6.45, 7) is 3.93. The highest BCUT2D eigenvalue weighted by atomic mass is 16.3. The highest BCUT2D eigenvalue weighted by Gasteiger charge is 2.18. The fourth-order valence-corrected chi connectivity index (χ4v) is 1.48. The first kappa shape index (κ1) is 15.2. The van der Waals surface area contributed by atoms with Gasteiger partial charge in [0.2, 0.25) is 0 Å². The number of carbonyl (C=O) groups is 2. The topological polar surface area (TPSA) is 69.6 Å². The molecule has 1 aromatic rings. The van der Waals surface area contributed by atoms with Gasteiger partial charge in [0.15, 0.2) is 0 Å². The molecule has 0 bridgehead atoms. The van der Waals surface area contributed by atoms with Crippen molar-refractivity contribution in [2.24, 2.45) is 0 Å². The second kappa shape index (κ2) is 6.89. The molecule has 104 valence electrons. The van der Waals surface area contributed by atoms with Crippen molar-refractivity contribution in [1.82, 2.24) is 4.90 Å². The fourth-order valence-electron chi connectivity index (χ4n) is 1.48. The number of aliphatic hydroxyl groups is 1. The second-order valence-corrected chi connectivity index (χ2v) is 4.68. The monoisotopic (exact) mass is 264 g/mol. The van der Waals surface area contributed by atoms with Crippen LogP contribution >= 0.6 is 0 Å². The number of nitrogens with zero attached hydrogens (tertiary/aromatic N) is 1. The molecule has 1 rings (SSSR count). The van der Waals surface area contributed by atoms with Crippen LogP contribution in [0, 0.1) is 6.92 Å². The van der Waals surface area contributed by atoms with E-state index < -0.39 is 17.9 Å². The van der Waals surface area contributed by atoms with Crippen LogP contribution in [0.3, 0.4) is 0 Å². The Morgan fingerprint density at radius 2 is 1.89 bits per heavy atom. The summed E-state index contributed by atoms with van der Waals surface area (Å²) in [5.74, 6) is -1.28.